The minimum atomic E-state index is 0.225. The van der Waals surface area contributed by atoms with Crippen molar-refractivity contribution < 1.29 is 4.74 Å². The normalized spacial score (nSPS) is 27.1. The first-order valence-corrected chi connectivity index (χ1v) is 4.53. The van der Waals surface area contributed by atoms with Crippen LogP contribution in [0.3, 0.4) is 0 Å². The summed E-state index contributed by atoms with van der Waals surface area (Å²) < 4.78 is 5.39. The molecule has 0 radical (unpaired) electrons. The van der Waals surface area contributed by atoms with Crippen molar-refractivity contribution in [1.82, 2.24) is 4.90 Å². The lowest BCUT2D eigenvalue weighted by Crippen LogP contribution is -2.53. The molecular formula is C10H19NO. The van der Waals surface area contributed by atoms with E-state index < -0.39 is 0 Å². The smallest absolute Gasteiger partial charge is 0.0658 e. The molecular weight excluding hydrogens is 150 g/mol. The Labute approximate surface area is 75.2 Å². The summed E-state index contributed by atoms with van der Waals surface area (Å²) in [6, 6.07) is 0.388. The first-order valence-electron chi connectivity index (χ1n) is 4.53. The topological polar surface area (TPSA) is 12.5 Å². The molecule has 1 fully saturated rings. The molecule has 0 saturated carbocycles. The third-order valence-electron chi connectivity index (χ3n) is 2.30. The number of hydrogen-bond acceptors (Lipinski definition) is 2. The van der Waals surface area contributed by atoms with Crippen LogP contribution < -0.4 is 0 Å². The van der Waals surface area contributed by atoms with Crippen molar-refractivity contribution in [2.75, 3.05) is 19.8 Å². The Balaban J connectivity index is 2.65. The predicted octanol–water partition coefficient (Wildman–Crippen LogP) is 1.67. The second-order valence-corrected chi connectivity index (χ2v) is 4.24. The van der Waals surface area contributed by atoms with Crippen LogP contribution in [0.2, 0.25) is 0 Å². The minimum Gasteiger partial charge on any atom is -0.378 e. The molecule has 0 amide bonds. The summed E-state index contributed by atoms with van der Waals surface area (Å²) in [5, 5.41) is 0. The van der Waals surface area contributed by atoms with E-state index in [-0.39, 0.29) is 5.54 Å². The molecule has 12 heavy (non-hydrogen) atoms. The van der Waals surface area contributed by atoms with Gasteiger partial charge in [0.05, 0.1) is 19.3 Å². The van der Waals surface area contributed by atoms with Crippen LogP contribution in [0.25, 0.3) is 0 Å². The van der Waals surface area contributed by atoms with Crippen molar-refractivity contribution in [2.45, 2.75) is 32.4 Å². The molecule has 0 aromatic heterocycles. The number of morpholine rings is 1. The Hall–Kier alpha value is -0.340. The van der Waals surface area contributed by atoms with Crippen molar-refractivity contribution in [1.29, 1.82) is 0 Å². The van der Waals surface area contributed by atoms with Crippen molar-refractivity contribution >= 4 is 0 Å². The maximum Gasteiger partial charge on any atom is 0.0658 e. The molecule has 1 rings (SSSR count). The summed E-state index contributed by atoms with van der Waals surface area (Å²) in [5.74, 6) is 0. The largest absolute Gasteiger partial charge is 0.378 e. The molecule has 70 valence electrons. The van der Waals surface area contributed by atoms with E-state index in [1.807, 2.05) is 6.08 Å². The first-order chi connectivity index (χ1) is 5.55. The average Bonchev–Trinajstić information content (AvgIpc) is 2.03. The summed E-state index contributed by atoms with van der Waals surface area (Å²) >= 11 is 0. The van der Waals surface area contributed by atoms with Gasteiger partial charge in [0, 0.05) is 12.1 Å². The molecule has 2 nitrogen and oxygen atoms in total. The van der Waals surface area contributed by atoms with E-state index in [4.69, 9.17) is 4.74 Å². The van der Waals surface area contributed by atoms with Crippen LogP contribution in [0.1, 0.15) is 20.8 Å². The highest BCUT2D eigenvalue weighted by atomic mass is 16.5. The van der Waals surface area contributed by atoms with Crippen LogP contribution in [0, 0.1) is 0 Å². The van der Waals surface area contributed by atoms with Gasteiger partial charge in [-0.1, -0.05) is 6.08 Å². The van der Waals surface area contributed by atoms with Crippen molar-refractivity contribution in [3.63, 3.8) is 0 Å². The van der Waals surface area contributed by atoms with E-state index >= 15 is 0 Å². The monoisotopic (exact) mass is 169 g/mol. The first kappa shape index (κ1) is 9.75. The van der Waals surface area contributed by atoms with E-state index in [2.05, 4.69) is 32.3 Å². The predicted molar refractivity (Wildman–Crippen MR) is 51.3 cm³/mol. The summed E-state index contributed by atoms with van der Waals surface area (Å²) in [6.07, 6.45) is 1.98. The van der Waals surface area contributed by atoms with Crippen molar-refractivity contribution in [2.24, 2.45) is 0 Å². The molecule has 0 aromatic rings. The number of rotatable bonds is 1. The quantitative estimate of drug-likeness (QED) is 0.554. The minimum absolute atomic E-state index is 0.225. The highest BCUT2D eigenvalue weighted by Gasteiger charge is 2.29. The molecule has 1 aliphatic heterocycles. The average molecular weight is 169 g/mol. The van der Waals surface area contributed by atoms with E-state index in [1.54, 1.807) is 0 Å². The summed E-state index contributed by atoms with van der Waals surface area (Å²) in [6.45, 7) is 13.2. The van der Waals surface area contributed by atoms with Gasteiger partial charge in [0.25, 0.3) is 0 Å². The lowest BCUT2D eigenvalue weighted by atomic mass is 10.0. The molecule has 0 spiro atoms. The number of nitrogens with zero attached hydrogens (tertiary/aromatic N) is 1. The molecule has 1 aliphatic rings. The SMILES string of the molecule is C=CC1COCCN1C(C)(C)C. The van der Waals surface area contributed by atoms with Gasteiger partial charge in [-0.25, -0.2) is 0 Å². The Bertz CT molecular complexity index is 160. The molecule has 2 heteroatoms. The summed E-state index contributed by atoms with van der Waals surface area (Å²) in [4.78, 5) is 2.43. The Morgan fingerprint density at radius 3 is 2.58 bits per heavy atom. The van der Waals surface area contributed by atoms with Gasteiger partial charge in [0.15, 0.2) is 0 Å². The third kappa shape index (κ3) is 2.08. The lowest BCUT2D eigenvalue weighted by Gasteiger charge is -2.43. The van der Waals surface area contributed by atoms with Crippen molar-refractivity contribution in [3.8, 4) is 0 Å². The van der Waals surface area contributed by atoms with Crippen LogP contribution in [0.4, 0.5) is 0 Å². The zero-order chi connectivity index (χ0) is 9.19. The Morgan fingerprint density at radius 1 is 1.50 bits per heavy atom. The molecule has 1 unspecified atom stereocenters. The van der Waals surface area contributed by atoms with E-state index in [1.165, 1.54) is 0 Å². The molecule has 1 saturated heterocycles. The zero-order valence-electron chi connectivity index (χ0n) is 8.34. The second-order valence-electron chi connectivity index (χ2n) is 4.24. The number of ether oxygens (including phenoxy) is 1. The standard InChI is InChI=1S/C10H19NO/c1-5-9-8-12-7-6-11(9)10(2,3)4/h5,9H,1,6-8H2,2-4H3. The lowest BCUT2D eigenvalue weighted by molar-refractivity contribution is -0.0318. The summed E-state index contributed by atoms with van der Waals surface area (Å²) in [7, 11) is 0. The maximum absolute atomic E-state index is 5.39. The molecule has 0 bridgehead atoms. The van der Waals surface area contributed by atoms with Gasteiger partial charge < -0.3 is 4.74 Å². The van der Waals surface area contributed by atoms with Crippen LogP contribution in [-0.2, 0) is 4.74 Å². The fourth-order valence-electron chi connectivity index (χ4n) is 1.65. The fourth-order valence-corrected chi connectivity index (χ4v) is 1.65. The van der Waals surface area contributed by atoms with Gasteiger partial charge in [-0.2, -0.15) is 0 Å². The van der Waals surface area contributed by atoms with Crippen LogP contribution in [0.15, 0.2) is 12.7 Å². The van der Waals surface area contributed by atoms with Gasteiger partial charge in [-0.3, -0.25) is 4.90 Å². The van der Waals surface area contributed by atoms with E-state index in [0.717, 1.165) is 19.8 Å². The highest BCUT2D eigenvalue weighted by molar-refractivity contribution is 4.94. The van der Waals surface area contributed by atoms with Crippen LogP contribution >= 0.6 is 0 Å². The molecule has 1 atom stereocenters. The van der Waals surface area contributed by atoms with E-state index in [9.17, 15) is 0 Å². The Morgan fingerprint density at radius 2 is 2.17 bits per heavy atom. The maximum atomic E-state index is 5.39. The number of hydrogen-bond donors (Lipinski definition) is 0. The zero-order valence-corrected chi connectivity index (χ0v) is 8.34. The molecule has 0 N–H and O–H groups in total. The third-order valence-corrected chi connectivity index (χ3v) is 2.30. The molecule has 0 aliphatic carbocycles. The summed E-state index contributed by atoms with van der Waals surface area (Å²) in [5.41, 5.74) is 0.225. The van der Waals surface area contributed by atoms with Gasteiger partial charge in [0.2, 0.25) is 0 Å². The van der Waals surface area contributed by atoms with E-state index in [0.29, 0.717) is 6.04 Å². The second kappa shape index (κ2) is 3.58. The highest BCUT2D eigenvalue weighted by Crippen LogP contribution is 2.19. The van der Waals surface area contributed by atoms with Gasteiger partial charge in [0.1, 0.15) is 0 Å². The van der Waals surface area contributed by atoms with Gasteiger partial charge >= 0.3 is 0 Å². The Kier molecular flexibility index (Phi) is 2.91. The molecule has 1 heterocycles. The van der Waals surface area contributed by atoms with Crippen LogP contribution in [0.5, 0.6) is 0 Å². The van der Waals surface area contributed by atoms with Gasteiger partial charge in [-0.15, -0.1) is 6.58 Å². The van der Waals surface area contributed by atoms with Gasteiger partial charge in [-0.05, 0) is 20.8 Å². The fraction of sp³-hybridized carbons (Fsp3) is 0.800. The molecule has 0 aromatic carbocycles. The van der Waals surface area contributed by atoms with Crippen molar-refractivity contribution in [3.05, 3.63) is 12.7 Å². The van der Waals surface area contributed by atoms with Crippen LogP contribution in [-0.4, -0.2) is 36.2 Å².